The minimum Gasteiger partial charge on any atom is -0.724 e. The molecule has 2 aliphatic rings. The number of hydrogen-bond acceptors (Lipinski definition) is 8. The van der Waals surface area contributed by atoms with Crippen LogP contribution in [0.4, 0.5) is 4.79 Å². The number of aromatic nitrogens is 1. The van der Waals surface area contributed by atoms with Gasteiger partial charge in [-0.05, 0) is 25.0 Å². The van der Waals surface area contributed by atoms with Gasteiger partial charge >= 0.3 is 35.6 Å². The standard InChI is InChI=1S/C12H15N5O7S2.Na/c13-11(15-25(19,20)9-2-1-5-14-6-9)10-4-3-8-7-16(10)12(18)17(8)24-26(21,22)23;/h1-2,5-6,8,10H,3-4,7H2,(H2,13,15)(H,21,22,23);/q;+1/p-1/t8-,10+;/m1./s1. The Balaban J connectivity index is 0.00000261. The van der Waals surface area contributed by atoms with E-state index in [2.05, 4.69) is 13.7 Å². The maximum absolute atomic E-state index is 12.3. The molecule has 1 aromatic heterocycles. The number of carbonyl (C=O) groups is 1. The molecule has 0 spiro atoms. The van der Waals surface area contributed by atoms with E-state index < -0.39 is 38.5 Å². The molecule has 2 amide bonds. The molecule has 0 radical (unpaired) electrons. The third-order valence-electron chi connectivity index (χ3n) is 3.99. The summed E-state index contributed by atoms with van der Waals surface area (Å²) >= 11 is 0. The number of rotatable bonds is 5. The van der Waals surface area contributed by atoms with Gasteiger partial charge in [0.15, 0.2) is 0 Å². The van der Waals surface area contributed by atoms with Crippen molar-refractivity contribution >= 4 is 32.3 Å². The number of pyridine rings is 1. The number of amidine groups is 1. The van der Waals surface area contributed by atoms with Crippen LogP contribution < -0.4 is 35.3 Å². The van der Waals surface area contributed by atoms with E-state index in [0.29, 0.717) is 5.06 Å². The summed E-state index contributed by atoms with van der Waals surface area (Å²) in [6.07, 6.45) is 2.99. The third-order valence-corrected chi connectivity index (χ3v) is 5.63. The zero-order valence-corrected chi connectivity index (χ0v) is 17.8. The normalized spacial score (nSPS) is 23.3. The first kappa shape index (κ1) is 22.0. The average Bonchev–Trinajstić information content (AvgIpc) is 2.79. The molecular formula is C12H14N5NaO7S2. The molecule has 0 saturated carbocycles. The number of piperidine rings is 1. The van der Waals surface area contributed by atoms with Gasteiger partial charge in [0, 0.05) is 18.9 Å². The van der Waals surface area contributed by atoms with Crippen LogP contribution in [0.3, 0.4) is 0 Å². The molecular weight excluding hydrogens is 413 g/mol. The molecule has 2 N–H and O–H groups in total. The van der Waals surface area contributed by atoms with E-state index in [1.165, 1.54) is 18.3 Å². The number of fused-ring (bicyclic) bond motifs is 2. The Morgan fingerprint density at radius 2 is 2.04 bits per heavy atom. The van der Waals surface area contributed by atoms with E-state index in [0.717, 1.165) is 11.1 Å². The van der Waals surface area contributed by atoms with Crippen LogP contribution in [0.5, 0.6) is 0 Å². The molecule has 142 valence electrons. The summed E-state index contributed by atoms with van der Waals surface area (Å²) in [6, 6.07) is 0.310. The Bertz CT molecular complexity index is 954. The predicted octanol–water partition coefficient (Wildman–Crippen LogP) is -4.21. The molecule has 2 saturated heterocycles. The van der Waals surface area contributed by atoms with Crippen molar-refractivity contribution in [1.82, 2.24) is 14.9 Å². The van der Waals surface area contributed by atoms with Gasteiger partial charge in [-0.1, -0.05) is 0 Å². The van der Waals surface area contributed by atoms with Gasteiger partial charge in [0.05, 0.1) is 12.1 Å². The Morgan fingerprint density at radius 3 is 2.63 bits per heavy atom. The van der Waals surface area contributed by atoms with Crippen molar-refractivity contribution in [2.24, 2.45) is 10.1 Å². The fraction of sp³-hybridized carbons (Fsp3) is 0.417. The van der Waals surface area contributed by atoms with Crippen LogP contribution in [-0.2, 0) is 24.7 Å². The van der Waals surface area contributed by atoms with Gasteiger partial charge in [-0.2, -0.15) is 17.8 Å². The first-order valence-electron chi connectivity index (χ1n) is 7.34. The maximum atomic E-state index is 12.3. The van der Waals surface area contributed by atoms with Crippen molar-refractivity contribution in [3.63, 3.8) is 0 Å². The molecule has 2 fully saturated rings. The quantitative estimate of drug-likeness (QED) is 0.160. The summed E-state index contributed by atoms with van der Waals surface area (Å²) in [5, 5.41) is 0.477. The van der Waals surface area contributed by atoms with Gasteiger partial charge in [0.25, 0.3) is 10.0 Å². The fourth-order valence-corrected chi connectivity index (χ4v) is 4.22. The van der Waals surface area contributed by atoms with Crippen molar-refractivity contribution in [3.8, 4) is 0 Å². The van der Waals surface area contributed by atoms with Crippen LogP contribution in [0.2, 0.25) is 0 Å². The van der Waals surface area contributed by atoms with Crippen molar-refractivity contribution in [2.75, 3.05) is 6.54 Å². The van der Waals surface area contributed by atoms with Gasteiger partial charge in [0.1, 0.15) is 10.7 Å². The van der Waals surface area contributed by atoms with E-state index in [4.69, 9.17) is 5.73 Å². The smallest absolute Gasteiger partial charge is 0.724 e. The summed E-state index contributed by atoms with van der Waals surface area (Å²) in [5.41, 5.74) is 5.81. The second kappa shape index (κ2) is 7.98. The zero-order chi connectivity index (χ0) is 19.1. The number of urea groups is 1. The molecule has 0 unspecified atom stereocenters. The molecule has 3 rings (SSSR count). The molecule has 15 heteroatoms. The van der Waals surface area contributed by atoms with E-state index in [9.17, 15) is 26.2 Å². The third kappa shape index (κ3) is 4.77. The van der Waals surface area contributed by atoms with Crippen molar-refractivity contribution in [3.05, 3.63) is 24.5 Å². The SMILES string of the molecule is NC(=NS(=O)(=O)c1cccnc1)[C@@H]1CC[C@@H]2CN1C(=O)N2OS(=O)(=O)[O-].[Na+]. The van der Waals surface area contributed by atoms with Gasteiger partial charge in [-0.25, -0.2) is 13.2 Å². The fourth-order valence-electron chi connectivity index (χ4n) is 2.89. The first-order valence-corrected chi connectivity index (χ1v) is 10.1. The van der Waals surface area contributed by atoms with Gasteiger partial charge in [-0.15, -0.1) is 4.40 Å². The summed E-state index contributed by atoms with van der Waals surface area (Å²) in [4.78, 5) is 16.9. The molecule has 2 atom stereocenters. The number of hydroxylamine groups is 2. The van der Waals surface area contributed by atoms with Crippen LogP contribution in [0.15, 0.2) is 33.8 Å². The molecule has 3 heterocycles. The maximum Gasteiger partial charge on any atom is 1.00 e. The van der Waals surface area contributed by atoms with E-state index in [1.807, 2.05) is 0 Å². The second-order valence-corrected chi connectivity index (χ2v) is 8.24. The van der Waals surface area contributed by atoms with Crippen LogP contribution >= 0.6 is 0 Å². The van der Waals surface area contributed by atoms with Crippen molar-refractivity contribution in [1.29, 1.82) is 0 Å². The van der Waals surface area contributed by atoms with Crippen LogP contribution in [0.25, 0.3) is 0 Å². The topological polar surface area (TPSA) is 175 Å². The molecule has 0 aliphatic carbocycles. The van der Waals surface area contributed by atoms with Crippen molar-refractivity contribution in [2.45, 2.75) is 29.8 Å². The molecule has 2 bridgehead atoms. The Kier molecular flexibility index (Phi) is 6.51. The summed E-state index contributed by atoms with van der Waals surface area (Å²) in [6.45, 7) is 0.0299. The predicted molar refractivity (Wildman–Crippen MR) is 84.6 cm³/mol. The Hall–Kier alpha value is -1.29. The summed E-state index contributed by atoms with van der Waals surface area (Å²) in [5.74, 6) is -0.326. The monoisotopic (exact) mass is 427 g/mol. The number of amides is 2. The van der Waals surface area contributed by atoms with Gasteiger partial charge in [0.2, 0.25) is 10.4 Å². The molecule has 27 heavy (non-hydrogen) atoms. The summed E-state index contributed by atoms with van der Waals surface area (Å²) < 4.78 is 64.5. The summed E-state index contributed by atoms with van der Waals surface area (Å²) in [7, 11) is -9.23. The second-order valence-electron chi connectivity index (χ2n) is 5.67. The largest absolute Gasteiger partial charge is 1.00 e. The molecule has 2 aliphatic heterocycles. The molecule has 1 aromatic rings. The van der Waals surface area contributed by atoms with Crippen LogP contribution in [0.1, 0.15) is 12.8 Å². The number of nitrogens with two attached hydrogens (primary N) is 1. The van der Waals surface area contributed by atoms with E-state index in [1.54, 1.807) is 0 Å². The minimum absolute atomic E-state index is 0. The Morgan fingerprint density at radius 1 is 1.33 bits per heavy atom. The van der Waals surface area contributed by atoms with E-state index >= 15 is 0 Å². The van der Waals surface area contributed by atoms with Crippen molar-refractivity contribution < 1.29 is 60.0 Å². The average molecular weight is 427 g/mol. The molecule has 0 aromatic carbocycles. The number of nitrogens with zero attached hydrogens (tertiary/aromatic N) is 4. The number of hydrogen-bond donors (Lipinski definition) is 1. The number of carbonyl (C=O) groups excluding carboxylic acids is 1. The first-order chi connectivity index (χ1) is 12.1. The number of sulfonamides is 1. The minimum atomic E-state index is -5.12. The van der Waals surface area contributed by atoms with Crippen LogP contribution in [0, 0.1) is 0 Å². The van der Waals surface area contributed by atoms with Crippen LogP contribution in [-0.4, -0.2) is 66.8 Å². The zero-order valence-electron chi connectivity index (χ0n) is 14.1. The van der Waals surface area contributed by atoms with Gasteiger partial charge in [-0.3, -0.25) is 4.98 Å². The van der Waals surface area contributed by atoms with E-state index in [-0.39, 0.29) is 59.7 Å². The van der Waals surface area contributed by atoms with Gasteiger partial charge < -0.3 is 15.2 Å². The Labute approximate surface area is 177 Å². The molecule has 12 nitrogen and oxygen atoms in total.